The van der Waals surface area contributed by atoms with Crippen LogP contribution in [-0.4, -0.2) is 63.3 Å². The van der Waals surface area contributed by atoms with Crippen LogP contribution < -0.4 is 10.6 Å². The topological polar surface area (TPSA) is 53.6 Å². The summed E-state index contributed by atoms with van der Waals surface area (Å²) in [6, 6.07) is 0.424. The zero-order valence-corrected chi connectivity index (χ0v) is 11.9. The van der Waals surface area contributed by atoms with E-state index in [1.165, 1.54) is 12.8 Å². The van der Waals surface area contributed by atoms with Gasteiger partial charge in [0, 0.05) is 19.7 Å². The van der Waals surface area contributed by atoms with Crippen LogP contribution in [0.1, 0.15) is 26.2 Å². The number of methoxy groups -OCH3 is 1. The number of ether oxygens (including phenoxy) is 1. The summed E-state index contributed by atoms with van der Waals surface area (Å²) in [6.07, 6.45) is 3.47. The van der Waals surface area contributed by atoms with Crippen LogP contribution in [0.25, 0.3) is 0 Å². The van der Waals surface area contributed by atoms with Gasteiger partial charge in [0.05, 0.1) is 12.6 Å². The molecule has 2 atom stereocenters. The van der Waals surface area contributed by atoms with Crippen molar-refractivity contribution in [1.29, 1.82) is 0 Å². The molecule has 0 aliphatic carbocycles. The van der Waals surface area contributed by atoms with Crippen molar-refractivity contribution in [3.8, 4) is 0 Å². The van der Waals surface area contributed by atoms with Crippen molar-refractivity contribution in [3.63, 3.8) is 0 Å². The first-order valence-corrected chi connectivity index (χ1v) is 6.86. The van der Waals surface area contributed by atoms with Gasteiger partial charge in [-0.1, -0.05) is 0 Å². The van der Waals surface area contributed by atoms with Gasteiger partial charge in [0.1, 0.15) is 0 Å². The molecule has 0 radical (unpaired) electrons. The molecule has 2 N–H and O–H groups in total. The number of nitrogens with zero attached hydrogens (tertiary/aromatic N) is 1. The number of carbonyl (C=O) groups excluding carboxylic acids is 1. The van der Waals surface area contributed by atoms with Crippen molar-refractivity contribution in [1.82, 2.24) is 15.5 Å². The first kappa shape index (κ1) is 15.4. The van der Waals surface area contributed by atoms with E-state index in [-0.39, 0.29) is 11.9 Å². The number of amides is 1. The minimum atomic E-state index is -0.0787. The Morgan fingerprint density at radius 1 is 1.50 bits per heavy atom. The molecule has 0 bridgehead atoms. The summed E-state index contributed by atoms with van der Waals surface area (Å²) >= 11 is 0. The lowest BCUT2D eigenvalue weighted by Crippen LogP contribution is -2.48. The summed E-state index contributed by atoms with van der Waals surface area (Å²) in [6.45, 7) is 5.27. The van der Waals surface area contributed by atoms with E-state index in [1.54, 1.807) is 7.11 Å². The molecule has 1 saturated heterocycles. The molecule has 5 heteroatoms. The highest BCUT2D eigenvalue weighted by Gasteiger charge is 2.25. The predicted octanol–water partition coefficient (Wildman–Crippen LogP) is 0.211. The van der Waals surface area contributed by atoms with E-state index in [0.717, 1.165) is 19.5 Å². The lowest BCUT2D eigenvalue weighted by Gasteiger charge is -2.31. The highest BCUT2D eigenvalue weighted by molar-refractivity contribution is 5.81. The maximum absolute atomic E-state index is 12.0. The number of carbonyl (C=O) groups is 1. The fraction of sp³-hybridized carbons (Fsp3) is 0.923. The third-order valence-electron chi connectivity index (χ3n) is 3.72. The highest BCUT2D eigenvalue weighted by atomic mass is 16.5. The lowest BCUT2D eigenvalue weighted by molar-refractivity contribution is -0.126. The molecule has 0 spiro atoms. The normalized spacial score (nSPS) is 22.6. The van der Waals surface area contributed by atoms with Crippen molar-refractivity contribution in [2.24, 2.45) is 0 Å². The zero-order chi connectivity index (χ0) is 13.4. The molecule has 1 rings (SSSR count). The minimum Gasteiger partial charge on any atom is -0.383 e. The molecule has 0 aromatic rings. The molecule has 106 valence electrons. The van der Waals surface area contributed by atoms with Gasteiger partial charge in [-0.05, 0) is 46.3 Å². The van der Waals surface area contributed by atoms with E-state index in [4.69, 9.17) is 4.74 Å². The van der Waals surface area contributed by atoms with Gasteiger partial charge in [-0.25, -0.2) is 0 Å². The van der Waals surface area contributed by atoms with E-state index < -0.39 is 0 Å². The predicted molar refractivity (Wildman–Crippen MR) is 72.6 cm³/mol. The van der Waals surface area contributed by atoms with E-state index >= 15 is 0 Å². The van der Waals surface area contributed by atoms with Gasteiger partial charge in [-0.2, -0.15) is 0 Å². The monoisotopic (exact) mass is 257 g/mol. The molecule has 2 unspecified atom stereocenters. The van der Waals surface area contributed by atoms with Gasteiger partial charge in [0.15, 0.2) is 0 Å². The van der Waals surface area contributed by atoms with Crippen LogP contribution in [-0.2, 0) is 9.53 Å². The van der Waals surface area contributed by atoms with Crippen molar-refractivity contribution >= 4 is 5.91 Å². The van der Waals surface area contributed by atoms with Gasteiger partial charge < -0.3 is 15.4 Å². The molecule has 5 nitrogen and oxygen atoms in total. The largest absolute Gasteiger partial charge is 0.383 e. The Balaban J connectivity index is 2.38. The van der Waals surface area contributed by atoms with Crippen molar-refractivity contribution in [2.75, 3.05) is 40.4 Å². The van der Waals surface area contributed by atoms with E-state index in [0.29, 0.717) is 19.2 Å². The van der Waals surface area contributed by atoms with Crippen LogP contribution in [0.5, 0.6) is 0 Å². The second kappa shape index (κ2) is 8.45. The van der Waals surface area contributed by atoms with Gasteiger partial charge in [0.25, 0.3) is 0 Å². The summed E-state index contributed by atoms with van der Waals surface area (Å²) in [5.74, 6) is 0.0896. The number of nitrogens with one attached hydrogen (secondary N) is 2. The summed E-state index contributed by atoms with van der Waals surface area (Å²) < 4.78 is 4.93. The van der Waals surface area contributed by atoms with E-state index in [1.807, 2.05) is 6.92 Å². The molecule has 0 saturated carbocycles. The van der Waals surface area contributed by atoms with Gasteiger partial charge in [-0.3, -0.25) is 9.69 Å². The number of rotatable bonds is 6. The SMILES string of the molecule is COCCNC(=O)C(C)N(C)C1CCCNCC1. The number of hydrogen-bond acceptors (Lipinski definition) is 4. The lowest BCUT2D eigenvalue weighted by atomic mass is 10.1. The van der Waals surface area contributed by atoms with Gasteiger partial charge in [-0.15, -0.1) is 0 Å². The summed E-state index contributed by atoms with van der Waals surface area (Å²) in [4.78, 5) is 14.2. The Morgan fingerprint density at radius 3 is 3.00 bits per heavy atom. The first-order chi connectivity index (χ1) is 8.66. The highest BCUT2D eigenvalue weighted by Crippen LogP contribution is 2.14. The Kier molecular flexibility index (Phi) is 7.23. The smallest absolute Gasteiger partial charge is 0.237 e. The average molecular weight is 257 g/mol. The maximum Gasteiger partial charge on any atom is 0.237 e. The van der Waals surface area contributed by atoms with Crippen LogP contribution in [0.4, 0.5) is 0 Å². The number of likely N-dealkylation sites (N-methyl/N-ethyl adjacent to an activating group) is 1. The quantitative estimate of drug-likeness (QED) is 0.668. The molecule has 1 aliphatic heterocycles. The Bertz CT molecular complexity index is 240. The van der Waals surface area contributed by atoms with Crippen LogP contribution in [0.2, 0.25) is 0 Å². The standard InChI is InChI=1S/C13H27N3O2/c1-11(13(17)15-9-10-18-3)16(2)12-5-4-7-14-8-6-12/h11-12,14H,4-10H2,1-3H3,(H,15,17). The summed E-state index contributed by atoms with van der Waals surface area (Å²) in [5, 5.41) is 6.30. The maximum atomic E-state index is 12.0. The summed E-state index contributed by atoms with van der Waals surface area (Å²) in [7, 11) is 3.69. The zero-order valence-electron chi connectivity index (χ0n) is 11.9. The van der Waals surface area contributed by atoms with Crippen LogP contribution in [0, 0.1) is 0 Å². The third-order valence-corrected chi connectivity index (χ3v) is 3.72. The molecule has 1 amide bonds. The minimum absolute atomic E-state index is 0.0787. The fourth-order valence-electron chi connectivity index (χ4n) is 2.33. The van der Waals surface area contributed by atoms with Crippen LogP contribution >= 0.6 is 0 Å². The second-order valence-corrected chi connectivity index (χ2v) is 4.96. The Morgan fingerprint density at radius 2 is 2.28 bits per heavy atom. The van der Waals surface area contributed by atoms with Gasteiger partial charge >= 0.3 is 0 Å². The molecule has 0 aromatic carbocycles. The first-order valence-electron chi connectivity index (χ1n) is 6.86. The summed E-state index contributed by atoms with van der Waals surface area (Å²) in [5.41, 5.74) is 0. The Hall–Kier alpha value is -0.650. The fourth-order valence-corrected chi connectivity index (χ4v) is 2.33. The van der Waals surface area contributed by atoms with E-state index in [9.17, 15) is 4.79 Å². The molecular formula is C13H27N3O2. The molecule has 18 heavy (non-hydrogen) atoms. The molecule has 1 aliphatic rings. The Labute approximate surface area is 110 Å². The van der Waals surface area contributed by atoms with Crippen LogP contribution in [0.15, 0.2) is 0 Å². The molecule has 1 heterocycles. The van der Waals surface area contributed by atoms with Crippen LogP contribution in [0.3, 0.4) is 0 Å². The third kappa shape index (κ3) is 4.92. The van der Waals surface area contributed by atoms with Crippen molar-refractivity contribution in [2.45, 2.75) is 38.3 Å². The van der Waals surface area contributed by atoms with E-state index in [2.05, 4.69) is 22.6 Å². The van der Waals surface area contributed by atoms with Crippen molar-refractivity contribution in [3.05, 3.63) is 0 Å². The number of hydrogen-bond donors (Lipinski definition) is 2. The molecule has 1 fully saturated rings. The molecule has 0 aromatic heterocycles. The molecular weight excluding hydrogens is 230 g/mol. The average Bonchev–Trinajstić information content (AvgIpc) is 2.66. The second-order valence-electron chi connectivity index (χ2n) is 4.96. The van der Waals surface area contributed by atoms with Crippen molar-refractivity contribution < 1.29 is 9.53 Å². The van der Waals surface area contributed by atoms with Gasteiger partial charge in [0.2, 0.25) is 5.91 Å².